The van der Waals surface area contributed by atoms with Crippen molar-refractivity contribution < 1.29 is 4.74 Å². The minimum absolute atomic E-state index is 0.751. The number of hydrogen-bond acceptors (Lipinski definition) is 2. The molecular formula is C11H15NO. The van der Waals surface area contributed by atoms with Crippen LogP contribution in [0.3, 0.4) is 0 Å². The van der Waals surface area contributed by atoms with E-state index in [9.17, 15) is 0 Å². The maximum absolute atomic E-state index is 5.80. The molecule has 0 unspecified atom stereocenters. The number of nitrogen functional groups attached to an aromatic ring is 1. The standard InChI is InChI=1S/C11H15NO/c1-13-11-5-4-9(7-10(11)12)6-8-2-3-8/h4-5,7-8H,2-3,6,12H2,1H3. The monoisotopic (exact) mass is 177 g/mol. The van der Waals surface area contributed by atoms with Gasteiger partial charge in [0.2, 0.25) is 0 Å². The van der Waals surface area contributed by atoms with Crippen LogP contribution in [0.5, 0.6) is 5.75 Å². The Labute approximate surface area is 78.7 Å². The van der Waals surface area contributed by atoms with E-state index in [1.807, 2.05) is 12.1 Å². The smallest absolute Gasteiger partial charge is 0.141 e. The highest BCUT2D eigenvalue weighted by Crippen LogP contribution is 2.33. The summed E-state index contributed by atoms with van der Waals surface area (Å²) in [5.41, 5.74) is 7.89. The first-order valence-electron chi connectivity index (χ1n) is 4.72. The number of ether oxygens (including phenoxy) is 1. The molecule has 1 aliphatic rings. The zero-order valence-corrected chi connectivity index (χ0v) is 7.92. The highest BCUT2D eigenvalue weighted by Gasteiger charge is 2.21. The van der Waals surface area contributed by atoms with Crippen LogP contribution in [0.1, 0.15) is 18.4 Å². The van der Waals surface area contributed by atoms with Crippen LogP contribution in [-0.4, -0.2) is 7.11 Å². The average Bonchev–Trinajstić information content (AvgIpc) is 2.89. The molecule has 1 saturated carbocycles. The second-order valence-corrected chi connectivity index (χ2v) is 3.72. The fraction of sp³-hybridized carbons (Fsp3) is 0.455. The van der Waals surface area contributed by atoms with Gasteiger partial charge in [-0.25, -0.2) is 0 Å². The van der Waals surface area contributed by atoms with E-state index in [0.717, 1.165) is 17.4 Å². The Morgan fingerprint density at radius 2 is 2.23 bits per heavy atom. The van der Waals surface area contributed by atoms with E-state index in [-0.39, 0.29) is 0 Å². The van der Waals surface area contributed by atoms with E-state index >= 15 is 0 Å². The van der Waals surface area contributed by atoms with Gasteiger partial charge in [-0.05, 0) is 42.9 Å². The highest BCUT2D eigenvalue weighted by atomic mass is 16.5. The molecule has 0 amide bonds. The van der Waals surface area contributed by atoms with Gasteiger partial charge < -0.3 is 10.5 Å². The van der Waals surface area contributed by atoms with Crippen LogP contribution >= 0.6 is 0 Å². The molecule has 1 aromatic rings. The van der Waals surface area contributed by atoms with E-state index in [0.29, 0.717) is 0 Å². The lowest BCUT2D eigenvalue weighted by Crippen LogP contribution is -1.94. The molecule has 0 bridgehead atoms. The van der Waals surface area contributed by atoms with Crippen molar-refractivity contribution >= 4 is 5.69 Å². The van der Waals surface area contributed by atoms with E-state index in [1.54, 1.807) is 7.11 Å². The summed E-state index contributed by atoms with van der Waals surface area (Å²) in [4.78, 5) is 0. The Morgan fingerprint density at radius 1 is 1.46 bits per heavy atom. The number of rotatable bonds is 3. The number of anilines is 1. The molecule has 2 heteroatoms. The molecule has 13 heavy (non-hydrogen) atoms. The molecule has 1 aromatic carbocycles. The normalized spacial score (nSPS) is 15.8. The zero-order valence-electron chi connectivity index (χ0n) is 7.92. The first kappa shape index (κ1) is 8.42. The summed E-state index contributed by atoms with van der Waals surface area (Å²) >= 11 is 0. The maximum Gasteiger partial charge on any atom is 0.141 e. The minimum Gasteiger partial charge on any atom is -0.495 e. The van der Waals surface area contributed by atoms with E-state index in [4.69, 9.17) is 10.5 Å². The molecule has 0 aromatic heterocycles. The van der Waals surface area contributed by atoms with Crippen molar-refractivity contribution in [2.24, 2.45) is 5.92 Å². The van der Waals surface area contributed by atoms with Crippen molar-refractivity contribution in [3.05, 3.63) is 23.8 Å². The van der Waals surface area contributed by atoms with Gasteiger partial charge in [0.1, 0.15) is 5.75 Å². The highest BCUT2D eigenvalue weighted by molar-refractivity contribution is 5.54. The Bertz CT molecular complexity index is 305. The predicted molar refractivity (Wildman–Crippen MR) is 53.8 cm³/mol. The Morgan fingerprint density at radius 3 is 2.77 bits per heavy atom. The molecule has 0 heterocycles. The van der Waals surface area contributed by atoms with Crippen LogP contribution in [-0.2, 0) is 6.42 Å². The van der Waals surface area contributed by atoms with Gasteiger partial charge in [-0.3, -0.25) is 0 Å². The summed E-state index contributed by atoms with van der Waals surface area (Å²) in [6, 6.07) is 6.08. The van der Waals surface area contributed by atoms with Gasteiger partial charge in [0.15, 0.2) is 0 Å². The zero-order chi connectivity index (χ0) is 9.26. The Kier molecular flexibility index (Phi) is 2.13. The molecule has 0 spiro atoms. The summed E-state index contributed by atoms with van der Waals surface area (Å²) < 4.78 is 5.10. The number of methoxy groups -OCH3 is 1. The third-order valence-corrected chi connectivity index (χ3v) is 2.52. The second kappa shape index (κ2) is 3.29. The maximum atomic E-state index is 5.80. The van der Waals surface area contributed by atoms with E-state index in [2.05, 4.69) is 6.07 Å². The first-order valence-corrected chi connectivity index (χ1v) is 4.72. The van der Waals surface area contributed by atoms with Crippen LogP contribution in [0.2, 0.25) is 0 Å². The third-order valence-electron chi connectivity index (χ3n) is 2.52. The molecule has 2 nitrogen and oxygen atoms in total. The lowest BCUT2D eigenvalue weighted by Gasteiger charge is -2.06. The van der Waals surface area contributed by atoms with Crippen LogP contribution in [0, 0.1) is 5.92 Å². The Hall–Kier alpha value is -1.18. The SMILES string of the molecule is COc1ccc(CC2CC2)cc1N. The topological polar surface area (TPSA) is 35.2 Å². The van der Waals surface area contributed by atoms with Crippen LogP contribution in [0.15, 0.2) is 18.2 Å². The third kappa shape index (κ3) is 1.94. The first-order chi connectivity index (χ1) is 6.29. The van der Waals surface area contributed by atoms with Crippen LogP contribution in [0.4, 0.5) is 5.69 Å². The quantitative estimate of drug-likeness (QED) is 0.718. The molecule has 0 radical (unpaired) electrons. The Balaban J connectivity index is 2.13. The van der Waals surface area contributed by atoms with Crippen molar-refractivity contribution in [1.82, 2.24) is 0 Å². The van der Waals surface area contributed by atoms with Crippen LogP contribution < -0.4 is 10.5 Å². The van der Waals surface area contributed by atoms with Crippen molar-refractivity contribution in [2.45, 2.75) is 19.3 Å². The molecule has 2 N–H and O–H groups in total. The van der Waals surface area contributed by atoms with Gasteiger partial charge in [0.05, 0.1) is 12.8 Å². The lowest BCUT2D eigenvalue weighted by molar-refractivity contribution is 0.417. The predicted octanol–water partition coefficient (Wildman–Crippen LogP) is 2.23. The number of hydrogen-bond donors (Lipinski definition) is 1. The summed E-state index contributed by atoms with van der Waals surface area (Å²) in [6.07, 6.45) is 3.94. The fourth-order valence-corrected chi connectivity index (χ4v) is 1.57. The summed E-state index contributed by atoms with van der Waals surface area (Å²) in [7, 11) is 1.65. The fourth-order valence-electron chi connectivity index (χ4n) is 1.57. The molecule has 2 rings (SSSR count). The summed E-state index contributed by atoms with van der Waals surface area (Å²) in [6.45, 7) is 0. The van der Waals surface area contributed by atoms with Crippen LogP contribution in [0.25, 0.3) is 0 Å². The average molecular weight is 177 g/mol. The molecule has 70 valence electrons. The molecule has 0 saturated heterocycles. The van der Waals surface area contributed by atoms with Gasteiger partial charge in [-0.15, -0.1) is 0 Å². The van der Waals surface area contributed by atoms with Crippen molar-refractivity contribution in [2.75, 3.05) is 12.8 Å². The minimum atomic E-state index is 0.751. The lowest BCUT2D eigenvalue weighted by atomic mass is 10.1. The van der Waals surface area contributed by atoms with Gasteiger partial charge in [-0.1, -0.05) is 6.07 Å². The van der Waals surface area contributed by atoms with Crippen molar-refractivity contribution in [3.8, 4) is 5.75 Å². The summed E-state index contributed by atoms with van der Waals surface area (Å²) in [5, 5.41) is 0. The molecule has 1 aliphatic carbocycles. The number of nitrogens with two attached hydrogens (primary N) is 1. The largest absolute Gasteiger partial charge is 0.495 e. The van der Waals surface area contributed by atoms with E-state index < -0.39 is 0 Å². The second-order valence-electron chi connectivity index (χ2n) is 3.72. The molecule has 1 fully saturated rings. The summed E-state index contributed by atoms with van der Waals surface area (Å²) in [5.74, 6) is 1.69. The van der Waals surface area contributed by atoms with Gasteiger partial charge in [-0.2, -0.15) is 0 Å². The number of benzene rings is 1. The van der Waals surface area contributed by atoms with Crippen molar-refractivity contribution in [1.29, 1.82) is 0 Å². The van der Waals surface area contributed by atoms with Crippen molar-refractivity contribution in [3.63, 3.8) is 0 Å². The van der Waals surface area contributed by atoms with Gasteiger partial charge >= 0.3 is 0 Å². The molecule has 0 atom stereocenters. The van der Waals surface area contributed by atoms with Gasteiger partial charge in [0.25, 0.3) is 0 Å². The molecular weight excluding hydrogens is 162 g/mol. The molecule has 0 aliphatic heterocycles. The van der Waals surface area contributed by atoms with Gasteiger partial charge in [0, 0.05) is 0 Å². The van der Waals surface area contributed by atoms with E-state index in [1.165, 1.54) is 24.8 Å².